The Hall–Kier alpha value is -1.26. The first-order valence-corrected chi connectivity index (χ1v) is 4.93. The molecular weight excluding hydrogens is 178 g/mol. The number of rotatable bonds is 3. The maximum Gasteiger partial charge on any atom is 0.218 e. The second-order valence-electron chi connectivity index (χ2n) is 3.22. The van der Waals surface area contributed by atoms with Gasteiger partial charge in [0.1, 0.15) is 0 Å². The van der Waals surface area contributed by atoms with E-state index in [4.69, 9.17) is 11.5 Å². The van der Waals surface area contributed by atoms with Crippen LogP contribution in [0.1, 0.15) is 27.7 Å². The molecule has 0 aromatic carbocycles. The summed E-state index contributed by atoms with van der Waals surface area (Å²) in [6.07, 6.45) is 0. The molecule has 14 heavy (non-hydrogen) atoms. The van der Waals surface area contributed by atoms with Crippen LogP contribution in [-0.2, 0) is 0 Å². The molecule has 0 amide bonds. The zero-order valence-corrected chi connectivity index (χ0v) is 9.49. The van der Waals surface area contributed by atoms with E-state index in [0.29, 0.717) is 5.96 Å². The van der Waals surface area contributed by atoms with Crippen LogP contribution in [0.5, 0.6) is 0 Å². The Morgan fingerprint density at radius 2 is 1.71 bits per heavy atom. The van der Waals surface area contributed by atoms with Crippen molar-refractivity contribution >= 4 is 11.9 Å². The van der Waals surface area contributed by atoms with E-state index >= 15 is 0 Å². The van der Waals surface area contributed by atoms with Gasteiger partial charge in [-0.1, -0.05) is 0 Å². The molecule has 0 aliphatic carbocycles. The molecule has 0 atom stereocenters. The van der Waals surface area contributed by atoms with Gasteiger partial charge in [0.25, 0.3) is 0 Å². The fraction of sp³-hybridized carbons (Fsp3) is 0.778. The van der Waals surface area contributed by atoms with E-state index in [2.05, 4.69) is 9.98 Å². The SMILES string of the molecule is CCN(CC)/C(N)=N/C(N)=NC(C)C. The largest absolute Gasteiger partial charge is 0.369 e. The van der Waals surface area contributed by atoms with E-state index < -0.39 is 0 Å². The highest BCUT2D eigenvalue weighted by Gasteiger charge is 2.02. The predicted octanol–water partition coefficient (Wildman–Crippen LogP) is 0.366. The van der Waals surface area contributed by atoms with Crippen molar-refractivity contribution < 1.29 is 0 Å². The van der Waals surface area contributed by atoms with Crippen LogP contribution in [0, 0.1) is 0 Å². The van der Waals surface area contributed by atoms with Crippen LogP contribution in [0.2, 0.25) is 0 Å². The molecule has 0 fully saturated rings. The van der Waals surface area contributed by atoms with Crippen LogP contribution in [0.25, 0.3) is 0 Å². The number of guanidine groups is 2. The van der Waals surface area contributed by atoms with Crippen LogP contribution in [0.15, 0.2) is 9.98 Å². The number of nitrogens with zero attached hydrogens (tertiary/aromatic N) is 3. The smallest absolute Gasteiger partial charge is 0.218 e. The molecule has 0 unspecified atom stereocenters. The molecule has 0 heterocycles. The molecule has 0 aliphatic rings. The summed E-state index contributed by atoms with van der Waals surface area (Å²) in [6.45, 7) is 9.55. The van der Waals surface area contributed by atoms with Gasteiger partial charge < -0.3 is 16.4 Å². The summed E-state index contributed by atoms with van der Waals surface area (Å²) in [6, 6.07) is 0.142. The first kappa shape index (κ1) is 12.7. The lowest BCUT2D eigenvalue weighted by Gasteiger charge is -2.18. The van der Waals surface area contributed by atoms with E-state index in [1.807, 2.05) is 32.6 Å². The number of hydrogen-bond acceptors (Lipinski definition) is 1. The molecule has 0 spiro atoms. The molecule has 0 radical (unpaired) electrons. The molecule has 0 saturated heterocycles. The minimum absolute atomic E-state index is 0.142. The van der Waals surface area contributed by atoms with Crippen molar-refractivity contribution in [2.75, 3.05) is 13.1 Å². The third kappa shape index (κ3) is 4.69. The van der Waals surface area contributed by atoms with Crippen molar-refractivity contribution in [3.8, 4) is 0 Å². The predicted molar refractivity (Wildman–Crippen MR) is 61.3 cm³/mol. The van der Waals surface area contributed by atoms with E-state index in [1.54, 1.807) is 0 Å². The van der Waals surface area contributed by atoms with Gasteiger partial charge in [-0.3, -0.25) is 0 Å². The van der Waals surface area contributed by atoms with Gasteiger partial charge >= 0.3 is 0 Å². The van der Waals surface area contributed by atoms with Gasteiger partial charge in [0.15, 0.2) is 5.96 Å². The lowest BCUT2D eigenvalue weighted by molar-refractivity contribution is 0.461. The van der Waals surface area contributed by atoms with Crippen LogP contribution >= 0.6 is 0 Å². The van der Waals surface area contributed by atoms with Crippen LogP contribution in [-0.4, -0.2) is 36.0 Å². The Balaban J connectivity index is 4.49. The van der Waals surface area contributed by atoms with Gasteiger partial charge in [0, 0.05) is 19.1 Å². The average molecular weight is 199 g/mol. The molecule has 0 saturated carbocycles. The van der Waals surface area contributed by atoms with Crippen molar-refractivity contribution in [3.05, 3.63) is 0 Å². The standard InChI is InChI=1S/C9H21N5/c1-5-14(6-2)9(11)13-8(10)12-7(3)4/h7H,5-6H2,1-4H3,(H4,10,11,12,13). The molecule has 5 heteroatoms. The Morgan fingerprint density at radius 3 is 2.07 bits per heavy atom. The van der Waals surface area contributed by atoms with Gasteiger partial charge in [-0.15, -0.1) is 0 Å². The maximum absolute atomic E-state index is 5.73. The van der Waals surface area contributed by atoms with Gasteiger partial charge in [-0.05, 0) is 27.7 Å². The van der Waals surface area contributed by atoms with Crippen LogP contribution in [0.4, 0.5) is 0 Å². The molecule has 0 aromatic heterocycles. The maximum atomic E-state index is 5.73. The molecule has 5 nitrogen and oxygen atoms in total. The van der Waals surface area contributed by atoms with E-state index in [0.717, 1.165) is 13.1 Å². The first-order chi connectivity index (χ1) is 6.51. The highest BCUT2D eigenvalue weighted by atomic mass is 15.3. The number of hydrogen-bond donors (Lipinski definition) is 2. The molecule has 0 rings (SSSR count). The minimum atomic E-state index is 0.142. The van der Waals surface area contributed by atoms with Crippen LogP contribution < -0.4 is 11.5 Å². The third-order valence-corrected chi connectivity index (χ3v) is 1.71. The van der Waals surface area contributed by atoms with Gasteiger partial charge in [-0.2, -0.15) is 4.99 Å². The summed E-state index contributed by atoms with van der Waals surface area (Å²) < 4.78 is 0. The molecule has 82 valence electrons. The molecule has 0 bridgehead atoms. The van der Waals surface area contributed by atoms with Gasteiger partial charge in [0.05, 0.1) is 0 Å². The second kappa shape index (κ2) is 6.23. The Morgan fingerprint density at radius 1 is 1.21 bits per heavy atom. The van der Waals surface area contributed by atoms with Gasteiger partial charge in [0.2, 0.25) is 5.96 Å². The summed E-state index contributed by atoms with van der Waals surface area (Å²) in [5, 5.41) is 0. The second-order valence-corrected chi connectivity index (χ2v) is 3.22. The van der Waals surface area contributed by atoms with Crippen molar-refractivity contribution in [1.82, 2.24) is 4.90 Å². The van der Waals surface area contributed by atoms with Crippen LogP contribution in [0.3, 0.4) is 0 Å². The summed E-state index contributed by atoms with van der Waals surface area (Å²) in [5.41, 5.74) is 11.3. The number of aliphatic imine (C=N–C) groups is 2. The number of nitrogens with two attached hydrogens (primary N) is 2. The van der Waals surface area contributed by atoms with Crippen molar-refractivity contribution in [1.29, 1.82) is 0 Å². The van der Waals surface area contributed by atoms with E-state index in [9.17, 15) is 0 Å². The van der Waals surface area contributed by atoms with Crippen molar-refractivity contribution in [3.63, 3.8) is 0 Å². The zero-order chi connectivity index (χ0) is 11.1. The summed E-state index contributed by atoms with van der Waals surface area (Å²) >= 11 is 0. The highest BCUT2D eigenvalue weighted by Crippen LogP contribution is 1.89. The minimum Gasteiger partial charge on any atom is -0.369 e. The summed E-state index contributed by atoms with van der Waals surface area (Å²) in [4.78, 5) is 10.00. The Kier molecular flexibility index (Phi) is 5.67. The molecular formula is C9H21N5. The zero-order valence-electron chi connectivity index (χ0n) is 9.49. The molecule has 4 N–H and O–H groups in total. The quantitative estimate of drug-likeness (QED) is 0.509. The fourth-order valence-electron chi connectivity index (χ4n) is 1.03. The van der Waals surface area contributed by atoms with Crippen molar-refractivity contribution in [2.45, 2.75) is 33.7 Å². The summed E-state index contributed by atoms with van der Waals surface area (Å²) in [5.74, 6) is 0.668. The fourth-order valence-corrected chi connectivity index (χ4v) is 1.03. The van der Waals surface area contributed by atoms with E-state index in [1.165, 1.54) is 0 Å². The highest BCUT2D eigenvalue weighted by molar-refractivity contribution is 5.93. The molecule has 0 aliphatic heterocycles. The third-order valence-electron chi connectivity index (χ3n) is 1.71. The lowest BCUT2D eigenvalue weighted by atomic mass is 10.4. The average Bonchev–Trinajstić information content (AvgIpc) is 2.04. The monoisotopic (exact) mass is 199 g/mol. The topological polar surface area (TPSA) is 80.0 Å². The normalized spacial score (nSPS) is 13.5. The van der Waals surface area contributed by atoms with E-state index in [-0.39, 0.29) is 12.0 Å². The lowest BCUT2D eigenvalue weighted by Crippen LogP contribution is -2.38. The first-order valence-electron chi connectivity index (χ1n) is 4.93. The summed E-state index contributed by atoms with van der Waals surface area (Å²) in [7, 11) is 0. The van der Waals surface area contributed by atoms with Gasteiger partial charge in [-0.25, -0.2) is 4.99 Å². The Bertz CT molecular complexity index is 215. The Labute approximate surface area is 85.9 Å². The molecule has 0 aromatic rings. The van der Waals surface area contributed by atoms with Crippen molar-refractivity contribution in [2.24, 2.45) is 21.5 Å².